The van der Waals surface area contributed by atoms with Gasteiger partial charge in [-0.25, -0.2) is 18.2 Å². The summed E-state index contributed by atoms with van der Waals surface area (Å²) < 4.78 is 29.1. The van der Waals surface area contributed by atoms with Gasteiger partial charge in [-0.15, -0.1) is 0 Å². The van der Waals surface area contributed by atoms with Crippen LogP contribution in [-0.4, -0.2) is 44.6 Å². The van der Waals surface area contributed by atoms with E-state index in [9.17, 15) is 13.2 Å². The molecule has 36 heavy (non-hydrogen) atoms. The predicted molar refractivity (Wildman–Crippen MR) is 139 cm³/mol. The third kappa shape index (κ3) is 4.47. The fourth-order valence-corrected chi connectivity index (χ4v) is 5.12. The van der Waals surface area contributed by atoms with E-state index in [1.165, 1.54) is 12.5 Å². The Balaban J connectivity index is 1.56. The van der Waals surface area contributed by atoms with Gasteiger partial charge >= 0.3 is 5.69 Å². The van der Waals surface area contributed by atoms with Gasteiger partial charge in [0, 0.05) is 19.0 Å². The van der Waals surface area contributed by atoms with Crippen molar-refractivity contribution in [2.75, 3.05) is 6.26 Å². The van der Waals surface area contributed by atoms with Gasteiger partial charge in [0.2, 0.25) is 0 Å². The third-order valence-electron chi connectivity index (χ3n) is 6.28. The SMILES string of the molecule is CS(=O)(=O)c1ccc(Cn2c(=O)n(Cc3nc4ccccc4n3CCCC=N)c3ccncc32)cc1. The number of para-hydroxylation sites is 2. The molecule has 0 aliphatic carbocycles. The zero-order chi connectivity index (χ0) is 25.3. The summed E-state index contributed by atoms with van der Waals surface area (Å²) in [4.78, 5) is 22.9. The number of aromatic nitrogens is 5. The van der Waals surface area contributed by atoms with Gasteiger partial charge in [0.15, 0.2) is 9.84 Å². The maximum absolute atomic E-state index is 13.6. The predicted octanol–water partition coefficient (Wildman–Crippen LogP) is 3.48. The first-order valence-corrected chi connectivity index (χ1v) is 13.5. The van der Waals surface area contributed by atoms with Crippen LogP contribution in [0.2, 0.25) is 0 Å². The van der Waals surface area contributed by atoms with E-state index < -0.39 is 9.84 Å². The summed E-state index contributed by atoms with van der Waals surface area (Å²) in [6, 6.07) is 16.3. The second-order valence-corrected chi connectivity index (χ2v) is 10.8. The molecule has 0 amide bonds. The molecule has 0 fully saturated rings. The van der Waals surface area contributed by atoms with Gasteiger partial charge in [-0.3, -0.25) is 14.1 Å². The number of benzene rings is 2. The van der Waals surface area contributed by atoms with E-state index in [-0.39, 0.29) is 17.1 Å². The minimum Gasteiger partial charge on any atom is -0.326 e. The van der Waals surface area contributed by atoms with Crippen molar-refractivity contribution in [1.82, 2.24) is 23.7 Å². The molecule has 1 N–H and O–H groups in total. The number of aryl methyl sites for hydroxylation is 1. The summed E-state index contributed by atoms with van der Waals surface area (Å²) in [6.07, 6.45) is 7.40. The maximum Gasteiger partial charge on any atom is 0.329 e. The summed E-state index contributed by atoms with van der Waals surface area (Å²) in [7, 11) is -3.29. The highest BCUT2D eigenvalue weighted by Crippen LogP contribution is 2.20. The second kappa shape index (κ2) is 9.54. The number of unbranched alkanes of at least 4 members (excludes halogenated alkanes) is 1. The molecule has 0 saturated heterocycles. The summed E-state index contributed by atoms with van der Waals surface area (Å²) in [6.45, 7) is 1.28. The first-order chi connectivity index (χ1) is 17.4. The van der Waals surface area contributed by atoms with Crippen molar-refractivity contribution in [3.8, 4) is 0 Å². The molecule has 0 aliphatic rings. The van der Waals surface area contributed by atoms with Gasteiger partial charge < -0.3 is 9.98 Å². The quantitative estimate of drug-likeness (QED) is 0.245. The molecule has 0 spiro atoms. The summed E-state index contributed by atoms with van der Waals surface area (Å²) in [5, 5.41) is 7.35. The van der Waals surface area contributed by atoms with Crippen molar-refractivity contribution in [1.29, 1.82) is 5.41 Å². The molecule has 184 valence electrons. The number of nitrogens with zero attached hydrogens (tertiary/aromatic N) is 5. The molecule has 5 aromatic rings. The van der Waals surface area contributed by atoms with Crippen LogP contribution in [0.4, 0.5) is 0 Å². The molecule has 0 unspecified atom stereocenters. The molecular weight excluding hydrogens is 476 g/mol. The van der Waals surface area contributed by atoms with E-state index in [0.29, 0.717) is 25.0 Å². The maximum atomic E-state index is 13.6. The molecule has 0 radical (unpaired) electrons. The Morgan fingerprint density at radius 1 is 0.917 bits per heavy atom. The van der Waals surface area contributed by atoms with Gasteiger partial charge in [0.05, 0.1) is 46.2 Å². The number of hydrogen-bond acceptors (Lipinski definition) is 6. The molecule has 0 aliphatic heterocycles. The van der Waals surface area contributed by atoms with Crippen LogP contribution < -0.4 is 5.69 Å². The zero-order valence-corrected chi connectivity index (χ0v) is 20.6. The minimum absolute atomic E-state index is 0.191. The zero-order valence-electron chi connectivity index (χ0n) is 19.8. The van der Waals surface area contributed by atoms with Crippen LogP contribution in [-0.2, 0) is 29.5 Å². The van der Waals surface area contributed by atoms with Gasteiger partial charge in [-0.05, 0) is 55.0 Å². The highest BCUT2D eigenvalue weighted by atomic mass is 32.2. The fraction of sp³-hybridized carbons (Fsp3) is 0.231. The number of imidazole rings is 2. The van der Waals surface area contributed by atoms with Crippen LogP contribution in [0.1, 0.15) is 24.2 Å². The van der Waals surface area contributed by atoms with E-state index in [1.54, 1.807) is 45.8 Å². The Labute approximate surface area is 208 Å². The normalized spacial score (nSPS) is 11.9. The van der Waals surface area contributed by atoms with Crippen LogP contribution in [0.15, 0.2) is 76.7 Å². The first kappa shape index (κ1) is 23.7. The number of hydrogen-bond donors (Lipinski definition) is 1. The fourth-order valence-electron chi connectivity index (χ4n) is 4.49. The monoisotopic (exact) mass is 502 g/mol. The van der Waals surface area contributed by atoms with Crippen molar-refractivity contribution >= 4 is 38.1 Å². The number of nitrogens with one attached hydrogen (secondary N) is 1. The molecule has 5 rings (SSSR count). The van der Waals surface area contributed by atoms with Crippen LogP contribution in [0.5, 0.6) is 0 Å². The number of pyridine rings is 1. The average molecular weight is 503 g/mol. The van der Waals surface area contributed by atoms with E-state index in [2.05, 4.69) is 9.55 Å². The van der Waals surface area contributed by atoms with E-state index in [4.69, 9.17) is 10.4 Å². The van der Waals surface area contributed by atoms with Gasteiger partial charge in [-0.2, -0.15) is 0 Å². The first-order valence-electron chi connectivity index (χ1n) is 11.6. The van der Waals surface area contributed by atoms with Crippen LogP contribution in [0.25, 0.3) is 22.1 Å². The Bertz CT molecular complexity index is 1730. The highest BCUT2D eigenvalue weighted by Gasteiger charge is 2.18. The largest absolute Gasteiger partial charge is 0.329 e. The van der Waals surface area contributed by atoms with Gasteiger partial charge in [-0.1, -0.05) is 24.3 Å². The van der Waals surface area contributed by atoms with Gasteiger partial charge in [0.25, 0.3) is 0 Å². The van der Waals surface area contributed by atoms with E-state index in [1.807, 2.05) is 30.3 Å². The number of fused-ring (bicyclic) bond motifs is 2. The van der Waals surface area contributed by atoms with Crippen molar-refractivity contribution < 1.29 is 8.42 Å². The minimum atomic E-state index is -3.29. The van der Waals surface area contributed by atoms with Crippen LogP contribution in [0, 0.1) is 5.41 Å². The molecule has 0 bridgehead atoms. The summed E-state index contributed by atoms with van der Waals surface area (Å²) >= 11 is 0. The lowest BCUT2D eigenvalue weighted by molar-refractivity contribution is 0.601. The van der Waals surface area contributed by atoms with Crippen LogP contribution in [0.3, 0.4) is 0 Å². The molecule has 10 heteroatoms. The Morgan fingerprint density at radius 2 is 1.67 bits per heavy atom. The summed E-state index contributed by atoms with van der Waals surface area (Å²) in [5.41, 5.74) is 3.94. The van der Waals surface area contributed by atoms with Crippen molar-refractivity contribution in [2.24, 2.45) is 0 Å². The Morgan fingerprint density at radius 3 is 2.42 bits per heavy atom. The molecule has 3 heterocycles. The smallest absolute Gasteiger partial charge is 0.326 e. The molecule has 2 aromatic carbocycles. The number of sulfone groups is 1. The lowest BCUT2D eigenvalue weighted by atomic mass is 10.2. The standard InChI is InChI=1S/C26H26N6O3S/c1-36(34,35)20-10-8-19(9-11-20)17-31-24-16-28-14-12-23(24)32(26(31)33)18-25-29-21-6-2-3-7-22(21)30(25)15-5-4-13-27/h2-3,6-14,16,27H,4-5,15,17-18H2,1H3. The lowest BCUT2D eigenvalue weighted by Gasteiger charge is -2.09. The van der Waals surface area contributed by atoms with Crippen molar-refractivity contribution in [3.63, 3.8) is 0 Å². The van der Waals surface area contributed by atoms with Crippen molar-refractivity contribution in [3.05, 3.63) is 88.9 Å². The average Bonchev–Trinajstić information content (AvgIpc) is 3.34. The molecule has 0 atom stereocenters. The van der Waals surface area contributed by atoms with Crippen molar-refractivity contribution in [2.45, 2.75) is 37.4 Å². The highest BCUT2D eigenvalue weighted by molar-refractivity contribution is 7.90. The molecule has 3 aromatic heterocycles. The number of rotatable bonds is 9. The van der Waals surface area contributed by atoms with E-state index >= 15 is 0 Å². The Kier molecular flexibility index (Phi) is 6.27. The van der Waals surface area contributed by atoms with E-state index in [0.717, 1.165) is 34.4 Å². The van der Waals surface area contributed by atoms with Gasteiger partial charge in [0.1, 0.15) is 5.82 Å². The summed E-state index contributed by atoms with van der Waals surface area (Å²) in [5.74, 6) is 0.775. The molecule has 9 nitrogen and oxygen atoms in total. The second-order valence-electron chi connectivity index (χ2n) is 8.75. The molecule has 0 saturated carbocycles. The van der Waals surface area contributed by atoms with Crippen LogP contribution >= 0.6 is 0 Å². The third-order valence-corrected chi connectivity index (χ3v) is 7.41. The topological polar surface area (TPSA) is 116 Å². The lowest BCUT2D eigenvalue weighted by Crippen LogP contribution is -2.26. The Hall–Kier alpha value is -4.05. The molecular formula is C26H26N6O3S.